The third-order valence-corrected chi connectivity index (χ3v) is 7.07. The number of hydrogen-bond acceptors (Lipinski definition) is 1. The maximum Gasteiger partial charge on any atom is 0.0815 e. The smallest absolute Gasteiger partial charge is 0.0815 e. The van der Waals surface area contributed by atoms with E-state index >= 15 is 0 Å². The fraction of sp³-hybridized carbons (Fsp3) is 1.00. The second-order valence-electron chi connectivity index (χ2n) is 4.95. The summed E-state index contributed by atoms with van der Waals surface area (Å²) < 4.78 is 5.90. The summed E-state index contributed by atoms with van der Waals surface area (Å²) in [5.74, 6) is 0. The van der Waals surface area contributed by atoms with Gasteiger partial charge in [-0.2, -0.15) is 0 Å². The molecule has 0 spiro atoms. The Morgan fingerprint density at radius 3 is 2.62 bits per heavy atom. The molecule has 1 unspecified atom stereocenters. The van der Waals surface area contributed by atoms with Crippen LogP contribution in [0.4, 0.5) is 0 Å². The van der Waals surface area contributed by atoms with Crippen molar-refractivity contribution in [3.8, 4) is 0 Å². The van der Waals surface area contributed by atoms with E-state index in [4.69, 9.17) is 4.74 Å². The first-order valence-electron chi connectivity index (χ1n) is 5.78. The van der Waals surface area contributed by atoms with Gasteiger partial charge in [0.2, 0.25) is 0 Å². The molecule has 13 heavy (non-hydrogen) atoms. The Labute approximate surface area is 83.9 Å². The van der Waals surface area contributed by atoms with E-state index in [9.17, 15) is 0 Å². The minimum absolute atomic E-state index is 0.660. The van der Waals surface area contributed by atoms with Gasteiger partial charge >= 0.3 is 0 Å². The summed E-state index contributed by atoms with van der Waals surface area (Å²) in [5.41, 5.74) is 0.660. The van der Waals surface area contributed by atoms with Crippen molar-refractivity contribution in [1.29, 1.82) is 0 Å². The summed E-state index contributed by atoms with van der Waals surface area (Å²) in [5, 5.41) is 0. The molecular weight excluding hydrogens is 176 g/mol. The Balaban J connectivity index is 2.36. The fourth-order valence-corrected chi connectivity index (χ4v) is 5.29. The van der Waals surface area contributed by atoms with Crippen molar-refractivity contribution in [2.75, 3.05) is 6.61 Å². The highest BCUT2D eigenvalue weighted by molar-refractivity contribution is 6.78. The van der Waals surface area contributed by atoms with Gasteiger partial charge in [0, 0.05) is 12.3 Å². The molecule has 1 fully saturated rings. The molecule has 2 heteroatoms. The summed E-state index contributed by atoms with van der Waals surface area (Å²) in [6.07, 6.45) is 6.76. The van der Waals surface area contributed by atoms with Crippen LogP contribution in [0, 0.1) is 0 Å². The van der Waals surface area contributed by atoms with E-state index in [0.29, 0.717) is 5.73 Å². The quantitative estimate of drug-likeness (QED) is 0.630. The van der Waals surface area contributed by atoms with Gasteiger partial charge in [-0.1, -0.05) is 38.9 Å². The second-order valence-corrected chi connectivity index (χ2v) is 10.1. The van der Waals surface area contributed by atoms with Crippen LogP contribution in [0.5, 0.6) is 0 Å². The molecule has 1 aliphatic heterocycles. The molecule has 0 aromatic heterocycles. The number of rotatable bonds is 4. The molecule has 1 heterocycles. The van der Waals surface area contributed by atoms with E-state index < -0.39 is 8.07 Å². The van der Waals surface area contributed by atoms with E-state index in [2.05, 4.69) is 20.0 Å². The highest BCUT2D eigenvalue weighted by Crippen LogP contribution is 2.26. The predicted octanol–water partition coefficient (Wildman–Crippen LogP) is 3.60. The molecule has 0 saturated carbocycles. The van der Waals surface area contributed by atoms with Crippen LogP contribution in [0.25, 0.3) is 0 Å². The molecule has 0 radical (unpaired) electrons. The third kappa shape index (κ3) is 3.43. The van der Waals surface area contributed by atoms with Gasteiger partial charge in [0.1, 0.15) is 0 Å². The van der Waals surface area contributed by atoms with Crippen LogP contribution < -0.4 is 0 Å². The molecular formula is C11H24OSi. The second kappa shape index (κ2) is 5.16. The van der Waals surface area contributed by atoms with Gasteiger partial charge in [-0.25, -0.2) is 0 Å². The zero-order chi connectivity index (χ0) is 9.73. The van der Waals surface area contributed by atoms with Crippen LogP contribution >= 0.6 is 0 Å². The van der Waals surface area contributed by atoms with Crippen molar-refractivity contribution in [3.63, 3.8) is 0 Å². The molecule has 1 rings (SSSR count). The molecule has 1 aliphatic rings. The SMILES string of the molecule is CCCC[Si](C)(C)C1CCCCO1. The zero-order valence-electron chi connectivity index (χ0n) is 9.44. The van der Waals surface area contributed by atoms with Gasteiger partial charge < -0.3 is 4.74 Å². The van der Waals surface area contributed by atoms with Crippen molar-refractivity contribution < 1.29 is 4.74 Å². The van der Waals surface area contributed by atoms with E-state index in [1.165, 1.54) is 38.1 Å². The van der Waals surface area contributed by atoms with Gasteiger partial charge in [0.05, 0.1) is 8.07 Å². The lowest BCUT2D eigenvalue weighted by atomic mass is 10.2. The summed E-state index contributed by atoms with van der Waals surface area (Å²) in [4.78, 5) is 0. The minimum atomic E-state index is -1.05. The average Bonchev–Trinajstić information content (AvgIpc) is 2.16. The van der Waals surface area contributed by atoms with E-state index in [-0.39, 0.29) is 0 Å². The third-order valence-electron chi connectivity index (χ3n) is 3.23. The molecule has 0 amide bonds. The number of hydrogen-bond donors (Lipinski definition) is 0. The largest absolute Gasteiger partial charge is 0.382 e. The maximum atomic E-state index is 5.90. The van der Waals surface area contributed by atoms with Crippen LogP contribution in [-0.4, -0.2) is 20.4 Å². The predicted molar refractivity (Wildman–Crippen MR) is 60.8 cm³/mol. The monoisotopic (exact) mass is 200 g/mol. The standard InChI is InChI=1S/C11H24OSi/c1-4-5-10-13(2,3)11-8-6-7-9-12-11/h11H,4-10H2,1-3H3. The lowest BCUT2D eigenvalue weighted by Gasteiger charge is -2.35. The molecule has 0 bridgehead atoms. The van der Waals surface area contributed by atoms with Gasteiger partial charge in [-0.3, -0.25) is 0 Å². The Hall–Kier alpha value is 0.177. The number of ether oxygens (including phenoxy) is 1. The minimum Gasteiger partial charge on any atom is -0.382 e. The van der Waals surface area contributed by atoms with E-state index in [0.717, 1.165) is 6.61 Å². The van der Waals surface area contributed by atoms with E-state index in [1.807, 2.05) is 0 Å². The maximum absolute atomic E-state index is 5.90. The zero-order valence-corrected chi connectivity index (χ0v) is 10.4. The highest BCUT2D eigenvalue weighted by Gasteiger charge is 2.32. The Morgan fingerprint density at radius 1 is 1.31 bits per heavy atom. The Morgan fingerprint density at radius 2 is 2.08 bits per heavy atom. The Bertz CT molecular complexity index is 139. The summed E-state index contributed by atoms with van der Waals surface area (Å²) in [7, 11) is -1.05. The first-order valence-corrected chi connectivity index (χ1v) is 9.07. The van der Waals surface area contributed by atoms with Gasteiger partial charge in [-0.05, 0) is 19.3 Å². The molecule has 1 atom stereocenters. The van der Waals surface area contributed by atoms with Crippen molar-refractivity contribution in [3.05, 3.63) is 0 Å². The van der Waals surface area contributed by atoms with Gasteiger partial charge in [0.15, 0.2) is 0 Å². The summed E-state index contributed by atoms with van der Waals surface area (Å²) >= 11 is 0. The first kappa shape index (κ1) is 11.3. The molecule has 0 N–H and O–H groups in total. The number of unbranched alkanes of at least 4 members (excludes halogenated alkanes) is 1. The van der Waals surface area contributed by atoms with Crippen LogP contribution in [0.1, 0.15) is 39.0 Å². The highest BCUT2D eigenvalue weighted by atomic mass is 28.3. The normalized spacial score (nSPS) is 24.7. The van der Waals surface area contributed by atoms with Crippen molar-refractivity contribution in [2.24, 2.45) is 0 Å². The molecule has 0 aliphatic carbocycles. The summed E-state index contributed by atoms with van der Waals surface area (Å²) in [6, 6.07) is 1.45. The first-order chi connectivity index (χ1) is 6.17. The average molecular weight is 200 g/mol. The molecule has 78 valence electrons. The van der Waals surface area contributed by atoms with Crippen LogP contribution in [0.2, 0.25) is 19.1 Å². The van der Waals surface area contributed by atoms with Crippen molar-refractivity contribution >= 4 is 8.07 Å². The topological polar surface area (TPSA) is 9.23 Å². The van der Waals surface area contributed by atoms with Crippen LogP contribution in [0.15, 0.2) is 0 Å². The Kier molecular flexibility index (Phi) is 4.46. The lowest BCUT2D eigenvalue weighted by molar-refractivity contribution is 0.0597. The summed E-state index contributed by atoms with van der Waals surface area (Å²) in [6.45, 7) is 8.30. The molecule has 0 aromatic rings. The fourth-order valence-electron chi connectivity index (χ4n) is 2.15. The van der Waals surface area contributed by atoms with Gasteiger partial charge in [-0.15, -0.1) is 0 Å². The van der Waals surface area contributed by atoms with E-state index in [1.54, 1.807) is 0 Å². The van der Waals surface area contributed by atoms with Crippen LogP contribution in [-0.2, 0) is 4.74 Å². The van der Waals surface area contributed by atoms with Gasteiger partial charge in [0.25, 0.3) is 0 Å². The molecule has 1 saturated heterocycles. The molecule has 0 aromatic carbocycles. The van der Waals surface area contributed by atoms with Crippen LogP contribution in [0.3, 0.4) is 0 Å². The lowest BCUT2D eigenvalue weighted by Crippen LogP contribution is -2.44. The molecule has 1 nitrogen and oxygen atoms in total. The van der Waals surface area contributed by atoms with Crippen molar-refractivity contribution in [1.82, 2.24) is 0 Å². The van der Waals surface area contributed by atoms with Crippen molar-refractivity contribution in [2.45, 2.75) is 63.9 Å².